The van der Waals surface area contributed by atoms with Gasteiger partial charge in [-0.05, 0) is 49.2 Å². The summed E-state index contributed by atoms with van der Waals surface area (Å²) >= 11 is 0. The molecule has 1 N–H and O–H groups in total. The van der Waals surface area contributed by atoms with E-state index in [0.29, 0.717) is 19.7 Å². The lowest BCUT2D eigenvalue weighted by atomic mass is 10.1. The number of carbonyl (C=O) groups excluding carboxylic acids is 1. The Bertz CT molecular complexity index is 1230. The second-order valence-electron chi connectivity index (χ2n) is 7.84. The van der Waals surface area contributed by atoms with Crippen molar-refractivity contribution < 1.29 is 14.3 Å². The number of carbonyl (C=O) groups is 1. The Morgan fingerprint density at radius 3 is 2.52 bits per heavy atom. The monoisotopic (exact) mass is 443 g/mol. The molecule has 0 spiro atoms. The third kappa shape index (κ3) is 5.34. The van der Waals surface area contributed by atoms with Crippen molar-refractivity contribution >= 4 is 16.9 Å². The number of nitrogens with zero attached hydrogens (tertiary/aromatic N) is 2. The number of nitrogens with one attached hydrogen (secondary N) is 1. The molecule has 0 saturated carbocycles. The Labute approximate surface area is 194 Å². The summed E-state index contributed by atoms with van der Waals surface area (Å²) in [7, 11) is 1.64. The van der Waals surface area contributed by atoms with Crippen LogP contribution in [0.15, 0.2) is 72.8 Å². The van der Waals surface area contributed by atoms with E-state index in [-0.39, 0.29) is 5.91 Å². The molecule has 0 aliphatic rings. The zero-order chi connectivity index (χ0) is 23.0. The molecule has 0 aliphatic heterocycles. The number of imidazole rings is 1. The minimum Gasteiger partial charge on any atom is -0.493 e. The number of hydrogen-bond donors (Lipinski definition) is 1. The summed E-state index contributed by atoms with van der Waals surface area (Å²) in [6.07, 6.45) is 1.56. The van der Waals surface area contributed by atoms with Crippen molar-refractivity contribution in [2.24, 2.45) is 0 Å². The van der Waals surface area contributed by atoms with Crippen LogP contribution in [0.5, 0.6) is 11.5 Å². The van der Waals surface area contributed by atoms with Crippen molar-refractivity contribution in [1.29, 1.82) is 0 Å². The van der Waals surface area contributed by atoms with Crippen LogP contribution in [0.25, 0.3) is 11.0 Å². The van der Waals surface area contributed by atoms with Gasteiger partial charge in [0, 0.05) is 18.5 Å². The van der Waals surface area contributed by atoms with Crippen LogP contribution in [0.4, 0.5) is 0 Å². The van der Waals surface area contributed by atoms with E-state index in [2.05, 4.69) is 16.0 Å². The van der Waals surface area contributed by atoms with Gasteiger partial charge in [0.15, 0.2) is 11.5 Å². The van der Waals surface area contributed by atoms with Crippen molar-refractivity contribution in [3.8, 4) is 11.5 Å². The van der Waals surface area contributed by atoms with E-state index in [1.165, 1.54) is 0 Å². The molecule has 33 heavy (non-hydrogen) atoms. The van der Waals surface area contributed by atoms with Crippen LogP contribution in [0.3, 0.4) is 0 Å². The number of rotatable bonds is 10. The smallest absolute Gasteiger partial charge is 0.251 e. The highest BCUT2D eigenvalue weighted by atomic mass is 16.5. The van der Waals surface area contributed by atoms with E-state index in [1.54, 1.807) is 7.11 Å². The third-order valence-corrected chi connectivity index (χ3v) is 5.63. The molecule has 4 aromatic rings. The van der Waals surface area contributed by atoms with E-state index in [9.17, 15) is 4.79 Å². The zero-order valence-electron chi connectivity index (χ0n) is 19.1. The first-order valence-corrected chi connectivity index (χ1v) is 11.2. The van der Waals surface area contributed by atoms with Crippen molar-refractivity contribution in [1.82, 2.24) is 14.9 Å². The van der Waals surface area contributed by atoms with Gasteiger partial charge in [-0.1, -0.05) is 42.5 Å². The van der Waals surface area contributed by atoms with Gasteiger partial charge in [0.1, 0.15) is 12.4 Å². The summed E-state index contributed by atoms with van der Waals surface area (Å²) in [5.41, 5.74) is 3.75. The van der Waals surface area contributed by atoms with Gasteiger partial charge in [-0.25, -0.2) is 4.98 Å². The molecule has 0 saturated heterocycles. The highest BCUT2D eigenvalue weighted by Crippen LogP contribution is 2.26. The van der Waals surface area contributed by atoms with Gasteiger partial charge in [0.05, 0.1) is 24.7 Å². The molecule has 1 heterocycles. The van der Waals surface area contributed by atoms with E-state index in [4.69, 9.17) is 14.5 Å². The van der Waals surface area contributed by atoms with Crippen molar-refractivity contribution in [3.63, 3.8) is 0 Å². The largest absolute Gasteiger partial charge is 0.493 e. The van der Waals surface area contributed by atoms with Crippen molar-refractivity contribution in [3.05, 3.63) is 89.7 Å². The summed E-state index contributed by atoms with van der Waals surface area (Å²) in [4.78, 5) is 17.3. The number of para-hydroxylation sites is 4. The second kappa shape index (κ2) is 10.7. The van der Waals surface area contributed by atoms with Crippen molar-refractivity contribution in [2.75, 3.05) is 20.3 Å². The molecule has 1 amide bonds. The Morgan fingerprint density at radius 1 is 0.970 bits per heavy atom. The highest BCUT2D eigenvalue weighted by molar-refractivity contribution is 5.95. The van der Waals surface area contributed by atoms with Crippen LogP contribution in [0, 0.1) is 6.92 Å². The molecule has 3 aromatic carbocycles. The SMILES string of the molecule is COc1ccccc1OCCn1c(CCCNC(=O)c2ccccc2C)nc2ccccc21. The van der Waals surface area contributed by atoms with Crippen LogP contribution in [0.1, 0.15) is 28.2 Å². The van der Waals surface area contributed by atoms with Crippen LogP contribution in [-0.2, 0) is 13.0 Å². The number of methoxy groups -OCH3 is 1. The molecule has 6 heteroatoms. The van der Waals surface area contributed by atoms with E-state index in [0.717, 1.165) is 52.3 Å². The predicted octanol–water partition coefficient (Wildman–Crippen LogP) is 4.79. The van der Waals surface area contributed by atoms with Crippen molar-refractivity contribution in [2.45, 2.75) is 26.3 Å². The lowest BCUT2D eigenvalue weighted by Gasteiger charge is -2.13. The van der Waals surface area contributed by atoms with Gasteiger partial charge < -0.3 is 19.4 Å². The predicted molar refractivity (Wildman–Crippen MR) is 130 cm³/mol. The fourth-order valence-corrected chi connectivity index (χ4v) is 3.92. The first kappa shape index (κ1) is 22.4. The maximum atomic E-state index is 12.5. The van der Waals surface area contributed by atoms with Gasteiger partial charge in [0.2, 0.25) is 0 Å². The minimum atomic E-state index is -0.0354. The van der Waals surface area contributed by atoms with Crippen LogP contribution < -0.4 is 14.8 Å². The van der Waals surface area contributed by atoms with Gasteiger partial charge in [-0.3, -0.25) is 4.79 Å². The van der Waals surface area contributed by atoms with E-state index in [1.807, 2.05) is 73.7 Å². The number of hydrogen-bond acceptors (Lipinski definition) is 4. The van der Waals surface area contributed by atoms with E-state index >= 15 is 0 Å². The number of benzene rings is 3. The number of amides is 1. The summed E-state index contributed by atoms with van der Waals surface area (Å²) < 4.78 is 13.6. The Kier molecular flexibility index (Phi) is 7.25. The average Bonchev–Trinajstić information content (AvgIpc) is 3.19. The van der Waals surface area contributed by atoms with Crippen LogP contribution in [-0.4, -0.2) is 35.7 Å². The minimum absolute atomic E-state index is 0.0354. The zero-order valence-corrected chi connectivity index (χ0v) is 19.1. The van der Waals surface area contributed by atoms with Crippen LogP contribution in [0.2, 0.25) is 0 Å². The Hall–Kier alpha value is -3.80. The quantitative estimate of drug-likeness (QED) is 0.358. The lowest BCUT2D eigenvalue weighted by Crippen LogP contribution is -2.25. The summed E-state index contributed by atoms with van der Waals surface area (Å²) in [6, 6.07) is 23.4. The molecule has 170 valence electrons. The number of ether oxygens (including phenoxy) is 2. The summed E-state index contributed by atoms with van der Waals surface area (Å²) in [6.45, 7) is 3.71. The topological polar surface area (TPSA) is 65.4 Å². The number of fused-ring (bicyclic) bond motifs is 1. The maximum Gasteiger partial charge on any atom is 0.251 e. The standard InChI is InChI=1S/C27H29N3O3/c1-20-10-3-4-11-21(20)27(31)28-17-9-16-26-29-22-12-5-6-13-23(22)30(26)18-19-33-25-15-8-7-14-24(25)32-2/h3-8,10-15H,9,16-19H2,1-2H3,(H,28,31). The van der Waals surface area contributed by atoms with Gasteiger partial charge >= 0.3 is 0 Å². The van der Waals surface area contributed by atoms with Crippen LogP contribution >= 0.6 is 0 Å². The molecule has 4 rings (SSSR count). The molecular weight excluding hydrogens is 414 g/mol. The Morgan fingerprint density at radius 2 is 1.70 bits per heavy atom. The normalized spacial score (nSPS) is 10.8. The van der Waals surface area contributed by atoms with Gasteiger partial charge in [-0.2, -0.15) is 0 Å². The molecule has 6 nitrogen and oxygen atoms in total. The molecule has 0 unspecified atom stereocenters. The Balaban J connectivity index is 1.38. The molecule has 0 fully saturated rings. The molecule has 0 atom stereocenters. The fourth-order valence-electron chi connectivity index (χ4n) is 3.92. The van der Waals surface area contributed by atoms with E-state index < -0.39 is 0 Å². The first-order chi connectivity index (χ1) is 16.2. The first-order valence-electron chi connectivity index (χ1n) is 11.2. The maximum absolute atomic E-state index is 12.5. The number of aryl methyl sites for hydroxylation is 2. The third-order valence-electron chi connectivity index (χ3n) is 5.63. The lowest BCUT2D eigenvalue weighted by molar-refractivity contribution is 0.0952. The highest BCUT2D eigenvalue weighted by Gasteiger charge is 2.12. The number of aromatic nitrogens is 2. The average molecular weight is 444 g/mol. The molecule has 0 aliphatic carbocycles. The summed E-state index contributed by atoms with van der Waals surface area (Å²) in [5, 5.41) is 3.03. The molecule has 0 radical (unpaired) electrons. The molecular formula is C27H29N3O3. The van der Waals surface area contributed by atoms with Gasteiger partial charge in [0.25, 0.3) is 5.91 Å². The summed E-state index contributed by atoms with van der Waals surface area (Å²) in [5.74, 6) is 2.40. The van der Waals surface area contributed by atoms with Gasteiger partial charge in [-0.15, -0.1) is 0 Å². The fraction of sp³-hybridized carbons (Fsp3) is 0.259. The molecule has 1 aromatic heterocycles. The second-order valence-corrected chi connectivity index (χ2v) is 7.84. The molecule has 0 bridgehead atoms.